The van der Waals surface area contributed by atoms with Crippen molar-refractivity contribution >= 4 is 21.6 Å². The van der Waals surface area contributed by atoms with Gasteiger partial charge in [0, 0.05) is 5.69 Å². The standard InChI is InChI=1S/C16H18N2O4S/c1-2-10-22-15-9-4-3-8-14(15)16(19)18-12-6-5-7-13(11-12)23(17,20)21/h3-9,11H,2,10H2,1H3,(H,18,19)(H2,17,20,21). The van der Waals surface area contributed by atoms with Gasteiger partial charge in [0.1, 0.15) is 5.75 Å². The predicted octanol–water partition coefficient (Wildman–Crippen LogP) is 2.38. The van der Waals surface area contributed by atoms with E-state index >= 15 is 0 Å². The van der Waals surface area contributed by atoms with Crippen molar-refractivity contribution in [1.29, 1.82) is 0 Å². The molecule has 2 aromatic rings. The minimum Gasteiger partial charge on any atom is -0.493 e. The second kappa shape index (κ2) is 7.26. The van der Waals surface area contributed by atoms with Crippen LogP contribution < -0.4 is 15.2 Å². The molecule has 0 heterocycles. The third-order valence-corrected chi connectivity index (χ3v) is 3.92. The van der Waals surface area contributed by atoms with Crippen molar-refractivity contribution in [3.63, 3.8) is 0 Å². The zero-order valence-electron chi connectivity index (χ0n) is 12.7. The number of ether oxygens (including phenoxy) is 1. The SMILES string of the molecule is CCCOc1ccccc1C(=O)Nc1cccc(S(N)(=O)=O)c1. The van der Waals surface area contributed by atoms with Gasteiger partial charge >= 0.3 is 0 Å². The van der Waals surface area contributed by atoms with Crippen molar-refractivity contribution in [3.05, 3.63) is 54.1 Å². The number of nitrogens with one attached hydrogen (secondary N) is 1. The summed E-state index contributed by atoms with van der Waals surface area (Å²) in [7, 11) is -3.82. The highest BCUT2D eigenvalue weighted by Gasteiger charge is 2.14. The van der Waals surface area contributed by atoms with E-state index in [-0.39, 0.29) is 10.8 Å². The quantitative estimate of drug-likeness (QED) is 0.847. The van der Waals surface area contributed by atoms with E-state index in [1.54, 1.807) is 30.3 Å². The Morgan fingerprint density at radius 3 is 2.61 bits per heavy atom. The van der Waals surface area contributed by atoms with Crippen LogP contribution in [0, 0.1) is 0 Å². The molecule has 0 aliphatic carbocycles. The molecule has 2 rings (SSSR count). The maximum absolute atomic E-state index is 12.4. The van der Waals surface area contributed by atoms with Crippen LogP contribution in [-0.2, 0) is 10.0 Å². The first-order chi connectivity index (χ1) is 10.9. The molecule has 0 aliphatic rings. The summed E-state index contributed by atoms with van der Waals surface area (Å²) in [5, 5.41) is 7.73. The molecule has 122 valence electrons. The van der Waals surface area contributed by atoms with Crippen molar-refractivity contribution in [3.8, 4) is 5.75 Å². The Morgan fingerprint density at radius 1 is 1.17 bits per heavy atom. The first-order valence-corrected chi connectivity index (χ1v) is 8.62. The number of carbonyl (C=O) groups excluding carboxylic acids is 1. The van der Waals surface area contributed by atoms with Gasteiger partial charge in [-0.2, -0.15) is 0 Å². The lowest BCUT2D eigenvalue weighted by Gasteiger charge is -2.11. The van der Waals surface area contributed by atoms with E-state index in [9.17, 15) is 13.2 Å². The minimum absolute atomic E-state index is 0.0641. The summed E-state index contributed by atoms with van der Waals surface area (Å²) in [5.74, 6) is 0.0951. The van der Waals surface area contributed by atoms with Crippen molar-refractivity contribution < 1.29 is 17.9 Å². The number of hydrogen-bond donors (Lipinski definition) is 2. The molecule has 0 aliphatic heterocycles. The molecule has 6 nitrogen and oxygen atoms in total. The zero-order chi connectivity index (χ0) is 16.9. The zero-order valence-corrected chi connectivity index (χ0v) is 13.5. The van der Waals surface area contributed by atoms with E-state index in [1.807, 2.05) is 6.92 Å². The number of rotatable bonds is 6. The van der Waals surface area contributed by atoms with Gasteiger partial charge < -0.3 is 10.1 Å². The fraction of sp³-hybridized carbons (Fsp3) is 0.188. The summed E-state index contributed by atoms with van der Waals surface area (Å²) in [6.07, 6.45) is 0.826. The molecular formula is C16H18N2O4S. The lowest BCUT2D eigenvalue weighted by atomic mass is 10.2. The van der Waals surface area contributed by atoms with Gasteiger partial charge in [0.25, 0.3) is 5.91 Å². The summed E-state index contributed by atoms with van der Waals surface area (Å²) in [4.78, 5) is 12.3. The predicted molar refractivity (Wildman–Crippen MR) is 88.0 cm³/mol. The van der Waals surface area contributed by atoms with Gasteiger partial charge in [0.2, 0.25) is 10.0 Å². The minimum atomic E-state index is -3.82. The number of para-hydroxylation sites is 1. The molecule has 0 atom stereocenters. The van der Waals surface area contributed by atoms with Gasteiger partial charge in [-0.15, -0.1) is 0 Å². The summed E-state index contributed by atoms with van der Waals surface area (Å²) in [6.45, 7) is 2.48. The molecule has 0 unspecified atom stereocenters. The molecule has 0 bridgehead atoms. The number of nitrogens with two attached hydrogens (primary N) is 1. The van der Waals surface area contributed by atoms with Crippen LogP contribution in [0.4, 0.5) is 5.69 Å². The van der Waals surface area contributed by atoms with E-state index in [0.29, 0.717) is 23.6 Å². The number of primary sulfonamides is 1. The second-order valence-electron chi connectivity index (χ2n) is 4.87. The van der Waals surface area contributed by atoms with Crippen molar-refractivity contribution in [2.75, 3.05) is 11.9 Å². The molecule has 0 saturated heterocycles. The van der Waals surface area contributed by atoms with Gasteiger partial charge in [-0.25, -0.2) is 13.6 Å². The number of hydrogen-bond acceptors (Lipinski definition) is 4. The van der Waals surface area contributed by atoms with Crippen molar-refractivity contribution in [2.45, 2.75) is 18.2 Å². The maximum atomic E-state index is 12.4. The highest BCUT2D eigenvalue weighted by atomic mass is 32.2. The Bertz CT molecular complexity index is 803. The molecule has 0 fully saturated rings. The van der Waals surface area contributed by atoms with Gasteiger partial charge in [0.15, 0.2) is 0 Å². The third-order valence-electron chi connectivity index (χ3n) is 3.01. The summed E-state index contributed by atoms with van der Waals surface area (Å²) in [6, 6.07) is 12.6. The fourth-order valence-corrected chi connectivity index (χ4v) is 2.50. The van der Waals surface area contributed by atoms with Crippen molar-refractivity contribution in [2.24, 2.45) is 5.14 Å². The molecular weight excluding hydrogens is 316 g/mol. The lowest BCUT2D eigenvalue weighted by Crippen LogP contribution is -2.15. The molecule has 3 N–H and O–H groups in total. The summed E-state index contributed by atoms with van der Waals surface area (Å²) < 4.78 is 28.3. The Kier molecular flexibility index (Phi) is 5.36. The van der Waals surface area contributed by atoms with E-state index in [4.69, 9.17) is 9.88 Å². The first kappa shape index (κ1) is 17.0. The number of anilines is 1. The van der Waals surface area contributed by atoms with E-state index in [0.717, 1.165) is 6.42 Å². The van der Waals surface area contributed by atoms with Crippen LogP contribution in [0.3, 0.4) is 0 Å². The van der Waals surface area contributed by atoms with Crippen LogP contribution in [0.2, 0.25) is 0 Å². The molecule has 0 spiro atoms. The second-order valence-corrected chi connectivity index (χ2v) is 6.43. The smallest absolute Gasteiger partial charge is 0.259 e. The monoisotopic (exact) mass is 334 g/mol. The van der Waals surface area contributed by atoms with Gasteiger partial charge in [-0.3, -0.25) is 4.79 Å². The molecule has 23 heavy (non-hydrogen) atoms. The van der Waals surface area contributed by atoms with Crippen molar-refractivity contribution in [1.82, 2.24) is 0 Å². The highest BCUT2D eigenvalue weighted by Crippen LogP contribution is 2.21. The van der Waals surface area contributed by atoms with Gasteiger partial charge in [-0.1, -0.05) is 25.1 Å². The van der Waals surface area contributed by atoms with Gasteiger partial charge in [0.05, 0.1) is 17.1 Å². The Labute approximate surface area is 135 Å². The molecule has 7 heteroatoms. The molecule has 1 amide bonds. The number of amides is 1. The van der Waals surface area contributed by atoms with Crippen LogP contribution in [0.1, 0.15) is 23.7 Å². The van der Waals surface area contributed by atoms with Crippen LogP contribution in [0.15, 0.2) is 53.4 Å². The normalized spacial score (nSPS) is 11.0. The average molecular weight is 334 g/mol. The third kappa shape index (κ3) is 4.54. The van der Waals surface area contributed by atoms with Gasteiger partial charge in [-0.05, 0) is 36.8 Å². The summed E-state index contributed by atoms with van der Waals surface area (Å²) in [5.41, 5.74) is 0.716. The molecule has 0 radical (unpaired) electrons. The molecule has 0 aromatic heterocycles. The molecule has 2 aromatic carbocycles. The van der Waals surface area contributed by atoms with Crippen LogP contribution in [0.5, 0.6) is 5.75 Å². The Morgan fingerprint density at radius 2 is 1.91 bits per heavy atom. The highest BCUT2D eigenvalue weighted by molar-refractivity contribution is 7.89. The largest absolute Gasteiger partial charge is 0.493 e. The topological polar surface area (TPSA) is 98.5 Å². The molecule has 0 saturated carbocycles. The van der Waals surface area contributed by atoms with Crippen LogP contribution in [-0.4, -0.2) is 20.9 Å². The lowest BCUT2D eigenvalue weighted by molar-refractivity contribution is 0.102. The van der Waals surface area contributed by atoms with E-state index in [1.165, 1.54) is 18.2 Å². The number of benzene rings is 2. The average Bonchev–Trinajstić information content (AvgIpc) is 2.52. The first-order valence-electron chi connectivity index (χ1n) is 7.08. The van der Waals surface area contributed by atoms with Crippen LogP contribution in [0.25, 0.3) is 0 Å². The Balaban J connectivity index is 2.23. The van der Waals surface area contributed by atoms with E-state index in [2.05, 4.69) is 5.32 Å². The number of carbonyl (C=O) groups is 1. The van der Waals surface area contributed by atoms with E-state index < -0.39 is 10.0 Å². The maximum Gasteiger partial charge on any atom is 0.259 e. The summed E-state index contributed by atoms with van der Waals surface area (Å²) >= 11 is 0. The number of sulfonamides is 1. The fourth-order valence-electron chi connectivity index (χ4n) is 1.94. The van der Waals surface area contributed by atoms with Crippen LogP contribution >= 0.6 is 0 Å². The Hall–Kier alpha value is -2.38.